The van der Waals surface area contributed by atoms with Gasteiger partial charge in [-0.2, -0.15) is 0 Å². The second kappa shape index (κ2) is 5.30. The molecule has 1 N–H and O–H groups in total. The smallest absolute Gasteiger partial charge is 0.326 e. The van der Waals surface area contributed by atoms with Gasteiger partial charge in [0.25, 0.3) is 0 Å². The van der Waals surface area contributed by atoms with Crippen LogP contribution in [0.1, 0.15) is 27.2 Å². The maximum Gasteiger partial charge on any atom is 0.326 e. The molecule has 5 nitrogen and oxygen atoms in total. The molecule has 5 heteroatoms. The summed E-state index contributed by atoms with van der Waals surface area (Å²) in [5, 5.41) is 9.05. The number of nitrogens with zero attached hydrogens (tertiary/aromatic N) is 1. The van der Waals surface area contributed by atoms with Gasteiger partial charge in [-0.3, -0.25) is 4.79 Å². The van der Waals surface area contributed by atoms with Gasteiger partial charge in [0.15, 0.2) is 0 Å². The van der Waals surface area contributed by atoms with E-state index in [9.17, 15) is 9.59 Å². The van der Waals surface area contributed by atoms with Gasteiger partial charge in [0, 0.05) is 6.54 Å². The molecular formula is C11H19NO4. The van der Waals surface area contributed by atoms with Crippen molar-refractivity contribution < 1.29 is 19.4 Å². The topological polar surface area (TPSA) is 66.8 Å². The first-order valence-corrected chi connectivity index (χ1v) is 5.57. The molecule has 1 fully saturated rings. The monoisotopic (exact) mass is 229 g/mol. The van der Waals surface area contributed by atoms with Gasteiger partial charge >= 0.3 is 5.97 Å². The van der Waals surface area contributed by atoms with E-state index in [4.69, 9.17) is 9.84 Å². The van der Waals surface area contributed by atoms with Crippen LogP contribution < -0.4 is 0 Å². The van der Waals surface area contributed by atoms with Crippen LogP contribution in [0.25, 0.3) is 0 Å². The molecule has 0 aromatic heterocycles. The molecule has 0 spiro atoms. The Labute approximate surface area is 95.4 Å². The van der Waals surface area contributed by atoms with Gasteiger partial charge in [-0.05, 0) is 26.2 Å². The van der Waals surface area contributed by atoms with Gasteiger partial charge < -0.3 is 14.7 Å². The highest BCUT2D eigenvalue weighted by molar-refractivity contribution is 5.85. The van der Waals surface area contributed by atoms with E-state index in [1.165, 1.54) is 4.90 Å². The van der Waals surface area contributed by atoms with Crippen molar-refractivity contribution in [2.75, 3.05) is 13.2 Å². The number of carbonyl (C=O) groups is 2. The molecular weight excluding hydrogens is 210 g/mol. The Morgan fingerprint density at radius 1 is 1.50 bits per heavy atom. The van der Waals surface area contributed by atoms with E-state index in [1.54, 1.807) is 0 Å². The van der Waals surface area contributed by atoms with E-state index in [2.05, 4.69) is 0 Å². The molecule has 0 radical (unpaired) electrons. The fourth-order valence-corrected chi connectivity index (χ4v) is 1.92. The molecule has 0 aliphatic carbocycles. The summed E-state index contributed by atoms with van der Waals surface area (Å²) in [5.74, 6) is -1.14. The number of amides is 1. The molecule has 0 saturated carbocycles. The normalized spacial score (nSPS) is 25.1. The fraction of sp³-hybridized carbons (Fsp3) is 0.818. The lowest BCUT2D eigenvalue weighted by Gasteiger charge is -2.23. The van der Waals surface area contributed by atoms with Crippen molar-refractivity contribution in [3.63, 3.8) is 0 Å². The number of carboxylic acid groups (broad SMARTS) is 1. The highest BCUT2D eigenvalue weighted by Gasteiger charge is 2.39. The number of rotatable bonds is 4. The summed E-state index contributed by atoms with van der Waals surface area (Å²) in [6.45, 7) is 6.02. The van der Waals surface area contributed by atoms with E-state index < -0.39 is 12.0 Å². The van der Waals surface area contributed by atoms with Crippen LogP contribution >= 0.6 is 0 Å². The second-order valence-corrected chi connectivity index (χ2v) is 4.50. The maximum absolute atomic E-state index is 11.7. The minimum atomic E-state index is -0.928. The van der Waals surface area contributed by atoms with E-state index in [-0.39, 0.29) is 24.5 Å². The Morgan fingerprint density at radius 2 is 2.12 bits per heavy atom. The number of likely N-dealkylation sites (tertiary alicyclic amines) is 1. The SMILES string of the molecule is CC(C)OCC(=O)N1CCC(C)C1C(=O)O. The predicted octanol–water partition coefficient (Wildman–Crippen LogP) is 0.733. The Kier molecular flexibility index (Phi) is 4.29. The first kappa shape index (κ1) is 13.0. The van der Waals surface area contributed by atoms with E-state index in [1.807, 2.05) is 20.8 Å². The molecule has 0 aromatic carbocycles. The van der Waals surface area contributed by atoms with E-state index in [0.29, 0.717) is 6.54 Å². The van der Waals surface area contributed by atoms with Crippen LogP contribution in [0.4, 0.5) is 0 Å². The molecule has 1 aliphatic heterocycles. The van der Waals surface area contributed by atoms with Crippen molar-refractivity contribution in [2.24, 2.45) is 5.92 Å². The van der Waals surface area contributed by atoms with Crippen LogP contribution in [0.15, 0.2) is 0 Å². The van der Waals surface area contributed by atoms with Gasteiger partial charge in [-0.1, -0.05) is 6.92 Å². The van der Waals surface area contributed by atoms with Crippen molar-refractivity contribution in [1.29, 1.82) is 0 Å². The maximum atomic E-state index is 11.7. The Balaban J connectivity index is 2.58. The molecule has 1 aliphatic rings. The van der Waals surface area contributed by atoms with Crippen LogP contribution in [0, 0.1) is 5.92 Å². The predicted molar refractivity (Wildman–Crippen MR) is 58.0 cm³/mol. The van der Waals surface area contributed by atoms with Crippen LogP contribution in [-0.2, 0) is 14.3 Å². The third-order valence-electron chi connectivity index (χ3n) is 2.81. The molecule has 0 aromatic rings. The number of ether oxygens (including phenoxy) is 1. The minimum absolute atomic E-state index is 0.0144. The number of aliphatic carboxylic acids is 1. The van der Waals surface area contributed by atoms with E-state index in [0.717, 1.165) is 6.42 Å². The summed E-state index contributed by atoms with van der Waals surface area (Å²) in [7, 11) is 0. The second-order valence-electron chi connectivity index (χ2n) is 4.50. The van der Waals surface area contributed by atoms with Crippen molar-refractivity contribution in [1.82, 2.24) is 4.90 Å². The van der Waals surface area contributed by atoms with Crippen LogP contribution in [0.3, 0.4) is 0 Å². The highest BCUT2D eigenvalue weighted by Crippen LogP contribution is 2.24. The van der Waals surface area contributed by atoms with Gasteiger partial charge in [-0.25, -0.2) is 4.79 Å². The Morgan fingerprint density at radius 3 is 2.62 bits per heavy atom. The first-order valence-electron chi connectivity index (χ1n) is 5.57. The summed E-state index contributed by atoms with van der Waals surface area (Å²) in [6, 6.07) is -0.691. The zero-order valence-electron chi connectivity index (χ0n) is 9.97. The minimum Gasteiger partial charge on any atom is -0.480 e. The summed E-state index contributed by atoms with van der Waals surface area (Å²) in [5.41, 5.74) is 0. The Hall–Kier alpha value is -1.10. The molecule has 1 rings (SSSR count). The van der Waals surface area contributed by atoms with Gasteiger partial charge in [0.1, 0.15) is 12.6 Å². The van der Waals surface area contributed by atoms with Crippen LogP contribution in [0.2, 0.25) is 0 Å². The number of carboxylic acids is 1. The summed E-state index contributed by atoms with van der Waals surface area (Å²) < 4.78 is 5.20. The van der Waals surface area contributed by atoms with Crippen molar-refractivity contribution in [2.45, 2.75) is 39.3 Å². The number of hydrogen-bond acceptors (Lipinski definition) is 3. The van der Waals surface area contributed by atoms with Crippen molar-refractivity contribution >= 4 is 11.9 Å². The average molecular weight is 229 g/mol. The lowest BCUT2D eigenvalue weighted by molar-refractivity contribution is -0.151. The van der Waals surface area contributed by atoms with E-state index >= 15 is 0 Å². The van der Waals surface area contributed by atoms with Crippen molar-refractivity contribution in [3.8, 4) is 0 Å². The molecule has 1 heterocycles. The van der Waals surface area contributed by atoms with Crippen LogP contribution in [0.5, 0.6) is 0 Å². The fourth-order valence-electron chi connectivity index (χ4n) is 1.92. The summed E-state index contributed by atoms with van der Waals surface area (Å²) >= 11 is 0. The Bertz CT molecular complexity index is 277. The highest BCUT2D eigenvalue weighted by atomic mass is 16.5. The average Bonchev–Trinajstić information content (AvgIpc) is 2.56. The number of carbonyl (C=O) groups excluding carboxylic acids is 1. The molecule has 16 heavy (non-hydrogen) atoms. The van der Waals surface area contributed by atoms with Gasteiger partial charge in [0.2, 0.25) is 5.91 Å². The molecule has 92 valence electrons. The van der Waals surface area contributed by atoms with Crippen LogP contribution in [-0.4, -0.2) is 47.2 Å². The standard InChI is InChI=1S/C11H19NO4/c1-7(2)16-6-9(13)12-5-4-8(3)10(12)11(14)15/h7-8,10H,4-6H2,1-3H3,(H,14,15). The third kappa shape index (κ3) is 2.95. The van der Waals surface area contributed by atoms with Gasteiger partial charge in [-0.15, -0.1) is 0 Å². The molecule has 2 atom stereocenters. The zero-order chi connectivity index (χ0) is 12.3. The largest absolute Gasteiger partial charge is 0.480 e. The lowest BCUT2D eigenvalue weighted by Crippen LogP contribution is -2.44. The molecule has 0 bridgehead atoms. The zero-order valence-corrected chi connectivity index (χ0v) is 9.97. The summed E-state index contributed by atoms with van der Waals surface area (Å²) in [6.07, 6.45) is 0.719. The number of hydrogen-bond donors (Lipinski definition) is 1. The lowest BCUT2D eigenvalue weighted by atomic mass is 10.0. The van der Waals surface area contributed by atoms with Crippen molar-refractivity contribution in [3.05, 3.63) is 0 Å². The third-order valence-corrected chi connectivity index (χ3v) is 2.81. The van der Waals surface area contributed by atoms with Gasteiger partial charge in [0.05, 0.1) is 6.10 Å². The quantitative estimate of drug-likeness (QED) is 0.771. The summed E-state index contributed by atoms with van der Waals surface area (Å²) in [4.78, 5) is 24.2. The first-order chi connectivity index (χ1) is 7.43. The molecule has 1 saturated heterocycles. The molecule has 2 unspecified atom stereocenters. The molecule has 1 amide bonds.